The number of rotatable bonds is 4. The van der Waals surface area contributed by atoms with E-state index in [0.29, 0.717) is 12.8 Å². The molecule has 0 aliphatic rings. The second-order valence-corrected chi connectivity index (χ2v) is 1.31. The van der Waals surface area contributed by atoms with Gasteiger partial charge in [0.25, 0.3) is 0 Å². The lowest BCUT2D eigenvalue weighted by Crippen LogP contribution is -1.72. The van der Waals surface area contributed by atoms with Gasteiger partial charge >= 0.3 is 0 Å². The quantitative estimate of drug-likeness (QED) is 0.325. The second-order valence-electron chi connectivity index (χ2n) is 1.31. The highest BCUT2D eigenvalue weighted by atomic mass is 16.1. The Morgan fingerprint density at radius 3 is 2.62 bits per heavy atom. The lowest BCUT2D eigenvalue weighted by atomic mass is 10.2. The van der Waals surface area contributed by atoms with Crippen molar-refractivity contribution in [2.45, 2.75) is 19.3 Å². The molecular weight excluding hydrogens is 102 g/mol. The smallest absolute Gasteiger partial charge is 0.128 e. The average molecular weight is 109 g/mol. The summed E-state index contributed by atoms with van der Waals surface area (Å²) in [5.41, 5.74) is 0. The van der Waals surface area contributed by atoms with Crippen LogP contribution in [0.4, 0.5) is 0 Å². The third kappa shape index (κ3) is 5.12. The molecule has 0 aromatic carbocycles. The molecule has 2 radical (unpaired) electrons. The Labute approximate surface area is 48.7 Å². The molecule has 42 valence electrons. The summed E-state index contributed by atoms with van der Waals surface area (Å²) in [4.78, 5) is 9.46. The highest BCUT2D eigenvalue weighted by Crippen LogP contribution is 1.89. The van der Waals surface area contributed by atoms with Crippen molar-refractivity contribution in [3.05, 3.63) is 6.08 Å². The van der Waals surface area contributed by atoms with E-state index < -0.39 is 0 Å². The summed E-state index contributed by atoms with van der Waals surface area (Å²) in [6.07, 6.45) is 6.54. The molecule has 0 aliphatic heterocycles. The molecule has 0 spiro atoms. The van der Waals surface area contributed by atoms with Gasteiger partial charge in [-0.15, -0.1) is 0 Å². The molecule has 0 bridgehead atoms. The van der Waals surface area contributed by atoms with E-state index in [-0.39, 0.29) is 0 Å². The predicted molar refractivity (Wildman–Crippen MR) is 30.5 cm³/mol. The van der Waals surface area contributed by atoms with Crippen molar-refractivity contribution in [1.29, 1.82) is 5.41 Å². The minimum atomic E-state index is 0.593. The number of nitrogens with one attached hydrogen (secondary N) is 1. The van der Waals surface area contributed by atoms with Crippen LogP contribution >= 0.6 is 0 Å². The van der Waals surface area contributed by atoms with Crippen LogP contribution in [-0.4, -0.2) is 12.2 Å². The highest BCUT2D eigenvalue weighted by molar-refractivity contribution is 5.52. The van der Waals surface area contributed by atoms with E-state index in [1.807, 2.05) is 0 Å². The fourth-order valence-corrected chi connectivity index (χ4v) is 0.316. The number of allylic oxidation sites excluding steroid dienone is 1. The van der Waals surface area contributed by atoms with Gasteiger partial charge in [0.2, 0.25) is 0 Å². The lowest BCUT2D eigenvalue weighted by molar-refractivity contribution is 0.567. The summed E-state index contributed by atoms with van der Waals surface area (Å²) in [5.74, 6) is 1.54. The first kappa shape index (κ1) is 7.12. The summed E-state index contributed by atoms with van der Waals surface area (Å²) < 4.78 is 0. The van der Waals surface area contributed by atoms with E-state index in [1.165, 1.54) is 5.94 Å². The van der Waals surface area contributed by atoms with Gasteiger partial charge in [-0.1, -0.05) is 0 Å². The van der Waals surface area contributed by atoms with Gasteiger partial charge in [-0.2, -0.15) is 0 Å². The maximum absolute atomic E-state index is 9.46. The minimum Gasteiger partial charge on any atom is -0.303 e. The Morgan fingerprint density at radius 2 is 2.12 bits per heavy atom. The van der Waals surface area contributed by atoms with E-state index in [0.717, 1.165) is 6.42 Å². The molecule has 2 heteroatoms. The summed E-state index contributed by atoms with van der Waals surface area (Å²) in [6, 6.07) is 0. The number of carbonyl (C=O) groups excluding carboxylic acids is 1. The van der Waals surface area contributed by atoms with Gasteiger partial charge in [0.15, 0.2) is 0 Å². The third-order valence-corrected chi connectivity index (χ3v) is 0.676. The molecule has 0 aromatic heterocycles. The van der Waals surface area contributed by atoms with Crippen LogP contribution in [0.2, 0.25) is 0 Å². The largest absolute Gasteiger partial charge is 0.303 e. The van der Waals surface area contributed by atoms with Gasteiger partial charge in [0, 0.05) is 0 Å². The lowest BCUT2D eigenvalue weighted by Gasteiger charge is -1.80. The van der Waals surface area contributed by atoms with Gasteiger partial charge in [-0.05, 0) is 19.3 Å². The van der Waals surface area contributed by atoms with Crippen LogP contribution in [0, 0.1) is 11.5 Å². The second kappa shape index (κ2) is 6.12. The first-order valence-electron chi connectivity index (χ1n) is 2.41. The molecule has 0 atom stereocenters. The molecule has 0 saturated heterocycles. The first-order chi connectivity index (χ1) is 3.91. The van der Waals surface area contributed by atoms with Crippen molar-refractivity contribution >= 4 is 12.2 Å². The Hall–Kier alpha value is -0.880. The van der Waals surface area contributed by atoms with E-state index >= 15 is 0 Å². The molecule has 0 aromatic rings. The molecule has 1 N–H and O–H groups in total. The van der Waals surface area contributed by atoms with Crippen molar-refractivity contribution in [3.8, 4) is 0 Å². The zero-order valence-electron chi connectivity index (χ0n) is 4.53. The van der Waals surface area contributed by atoms with E-state index in [9.17, 15) is 4.79 Å². The maximum atomic E-state index is 9.46. The van der Waals surface area contributed by atoms with Gasteiger partial charge in [-0.25, -0.2) is 4.79 Å². The van der Waals surface area contributed by atoms with Crippen molar-refractivity contribution in [3.63, 3.8) is 0 Å². The number of hydrogen-bond donors (Lipinski definition) is 1. The number of unbranched alkanes of at least 4 members (excludes halogenated alkanes) is 2. The summed E-state index contributed by atoms with van der Waals surface area (Å²) in [6.45, 7) is 0. The molecule has 0 aliphatic carbocycles. The fourth-order valence-electron chi connectivity index (χ4n) is 0.316. The summed E-state index contributed by atoms with van der Waals surface area (Å²) in [7, 11) is 0. The van der Waals surface area contributed by atoms with Crippen molar-refractivity contribution < 1.29 is 4.79 Å². The van der Waals surface area contributed by atoms with E-state index in [4.69, 9.17) is 5.41 Å². The van der Waals surface area contributed by atoms with Crippen LogP contribution in [-0.2, 0) is 4.79 Å². The Balaban J connectivity index is 2.93. The average Bonchev–Trinajstić information content (AvgIpc) is 1.81. The topological polar surface area (TPSA) is 40.9 Å². The molecule has 0 heterocycles. The molecule has 2 nitrogen and oxygen atoms in total. The molecule has 0 unspecified atom stereocenters. The molecule has 0 rings (SSSR count). The molecule has 0 fully saturated rings. The zero-order chi connectivity index (χ0) is 6.24. The standard InChI is InChI=1S/C6H7NO/c7-5-3-1-2-4-6-8/h7H,1-3H2. The van der Waals surface area contributed by atoms with Crippen LogP contribution in [0.5, 0.6) is 0 Å². The van der Waals surface area contributed by atoms with Crippen LogP contribution in [0.25, 0.3) is 0 Å². The molecule has 0 saturated carbocycles. The Bertz CT molecular complexity index is 103. The summed E-state index contributed by atoms with van der Waals surface area (Å²) >= 11 is 0. The van der Waals surface area contributed by atoms with Gasteiger partial charge in [0.1, 0.15) is 5.94 Å². The molecule has 8 heavy (non-hydrogen) atoms. The number of hydrogen-bond acceptors (Lipinski definition) is 2. The zero-order valence-corrected chi connectivity index (χ0v) is 4.53. The van der Waals surface area contributed by atoms with E-state index in [1.54, 1.807) is 0 Å². The first-order valence-corrected chi connectivity index (χ1v) is 2.41. The third-order valence-electron chi connectivity index (χ3n) is 0.676. The monoisotopic (exact) mass is 109 g/mol. The predicted octanol–water partition coefficient (Wildman–Crippen LogP) is 0.874. The summed E-state index contributed by atoms with van der Waals surface area (Å²) in [5, 5.41) is 6.46. The van der Waals surface area contributed by atoms with Crippen LogP contribution in [0.15, 0.2) is 0 Å². The van der Waals surface area contributed by atoms with Gasteiger partial charge in [-0.3, -0.25) is 0 Å². The van der Waals surface area contributed by atoms with Crippen molar-refractivity contribution in [1.82, 2.24) is 0 Å². The van der Waals surface area contributed by atoms with Crippen LogP contribution in [0.3, 0.4) is 0 Å². The molecule has 0 amide bonds. The van der Waals surface area contributed by atoms with Crippen molar-refractivity contribution in [2.75, 3.05) is 0 Å². The maximum Gasteiger partial charge on any atom is 0.128 e. The van der Waals surface area contributed by atoms with Crippen LogP contribution < -0.4 is 0 Å². The van der Waals surface area contributed by atoms with E-state index in [2.05, 4.69) is 12.3 Å². The fraction of sp³-hybridized carbons (Fsp3) is 0.500. The van der Waals surface area contributed by atoms with Crippen LogP contribution in [0.1, 0.15) is 19.3 Å². The molecular formula is C6H7NO. The SMILES string of the molecule is N=[C]CCC[C]=C=O. The normalized spacial score (nSPS) is 7.50. The van der Waals surface area contributed by atoms with Crippen molar-refractivity contribution in [2.24, 2.45) is 0 Å². The highest BCUT2D eigenvalue weighted by Gasteiger charge is 1.79. The van der Waals surface area contributed by atoms with Gasteiger partial charge in [0.05, 0.1) is 12.3 Å². The Kier molecular flexibility index (Phi) is 5.45. The minimum absolute atomic E-state index is 0.593. The van der Waals surface area contributed by atoms with Gasteiger partial charge < -0.3 is 5.41 Å². The Morgan fingerprint density at radius 1 is 1.38 bits per heavy atom.